The Morgan fingerprint density at radius 2 is 1.64 bits per heavy atom. The maximum absolute atomic E-state index is 13.7. The number of aryl methyl sites for hydroxylation is 1. The molecular formula is C22H20F3NO5S2. The van der Waals surface area contributed by atoms with Crippen LogP contribution < -0.4 is 5.32 Å². The number of sulfone groups is 1. The Balaban J connectivity index is 2.04. The normalized spacial score (nSPS) is 15.0. The monoisotopic (exact) mass is 499 g/mol. The first-order valence-corrected chi connectivity index (χ1v) is 11.8. The van der Waals surface area contributed by atoms with Gasteiger partial charge in [-0.05, 0) is 50.2 Å². The Morgan fingerprint density at radius 3 is 2.21 bits per heavy atom. The van der Waals surface area contributed by atoms with Gasteiger partial charge in [0.05, 0.1) is 10.5 Å². The van der Waals surface area contributed by atoms with E-state index in [0.29, 0.717) is 18.3 Å². The number of thiophene rings is 1. The fraction of sp³-hybridized carbons (Fsp3) is 0.227. The van der Waals surface area contributed by atoms with Gasteiger partial charge in [-0.25, -0.2) is 8.42 Å². The minimum atomic E-state index is -5.16. The van der Waals surface area contributed by atoms with Crippen molar-refractivity contribution in [2.24, 2.45) is 0 Å². The first kappa shape index (κ1) is 24.7. The van der Waals surface area contributed by atoms with Crippen LogP contribution in [0.25, 0.3) is 0 Å². The summed E-state index contributed by atoms with van der Waals surface area (Å²) in [4.78, 5) is 12.3. The summed E-state index contributed by atoms with van der Waals surface area (Å²) >= 11 is 0.506. The number of carbonyl (C=O) groups is 1. The van der Waals surface area contributed by atoms with Crippen LogP contribution in [0.3, 0.4) is 0 Å². The SMILES string of the molecule is Cc1ccc(S(=O)(=O)c2ccc(C(NC(=O)c3ccccc3O)C(C)(O)C(F)(F)F)s2)cc1. The predicted molar refractivity (Wildman–Crippen MR) is 116 cm³/mol. The average molecular weight is 500 g/mol. The highest BCUT2D eigenvalue weighted by Crippen LogP contribution is 2.43. The summed E-state index contributed by atoms with van der Waals surface area (Å²) in [5.74, 6) is -1.53. The van der Waals surface area contributed by atoms with E-state index in [0.717, 1.165) is 17.7 Å². The van der Waals surface area contributed by atoms with Crippen molar-refractivity contribution in [1.29, 1.82) is 0 Å². The van der Waals surface area contributed by atoms with Gasteiger partial charge in [-0.1, -0.05) is 29.8 Å². The molecule has 0 saturated heterocycles. The van der Waals surface area contributed by atoms with E-state index in [4.69, 9.17) is 0 Å². The number of phenols is 1. The Labute approximate surface area is 192 Å². The van der Waals surface area contributed by atoms with Crippen LogP contribution in [0, 0.1) is 6.92 Å². The highest BCUT2D eigenvalue weighted by Gasteiger charge is 2.56. The van der Waals surface area contributed by atoms with Gasteiger partial charge in [0.2, 0.25) is 9.84 Å². The van der Waals surface area contributed by atoms with Crippen LogP contribution in [0.4, 0.5) is 13.2 Å². The molecule has 1 amide bonds. The number of halogens is 3. The quantitative estimate of drug-likeness (QED) is 0.467. The van der Waals surface area contributed by atoms with Crippen molar-refractivity contribution in [3.8, 4) is 5.75 Å². The van der Waals surface area contributed by atoms with Crippen LogP contribution in [-0.2, 0) is 9.84 Å². The minimum Gasteiger partial charge on any atom is -0.507 e. The van der Waals surface area contributed by atoms with Gasteiger partial charge < -0.3 is 15.5 Å². The van der Waals surface area contributed by atoms with Crippen molar-refractivity contribution < 1.29 is 36.6 Å². The molecule has 0 aliphatic heterocycles. The molecule has 1 aromatic heterocycles. The van der Waals surface area contributed by atoms with E-state index in [9.17, 15) is 36.6 Å². The van der Waals surface area contributed by atoms with Gasteiger partial charge in [-0.15, -0.1) is 11.3 Å². The number of rotatable bonds is 6. The molecule has 0 spiro atoms. The number of benzene rings is 2. The number of carbonyl (C=O) groups excluding carboxylic acids is 1. The van der Waals surface area contributed by atoms with Crippen LogP contribution in [0.2, 0.25) is 0 Å². The van der Waals surface area contributed by atoms with Crippen molar-refractivity contribution in [1.82, 2.24) is 5.32 Å². The molecule has 6 nitrogen and oxygen atoms in total. The first-order chi connectivity index (χ1) is 15.2. The Hall–Kier alpha value is -2.89. The van der Waals surface area contributed by atoms with Crippen molar-refractivity contribution in [2.45, 2.75) is 40.8 Å². The number of aliphatic hydroxyl groups is 1. The van der Waals surface area contributed by atoms with Gasteiger partial charge in [-0.3, -0.25) is 4.79 Å². The topological polar surface area (TPSA) is 104 Å². The molecule has 33 heavy (non-hydrogen) atoms. The molecule has 0 bridgehead atoms. The van der Waals surface area contributed by atoms with Gasteiger partial charge in [-0.2, -0.15) is 13.2 Å². The van der Waals surface area contributed by atoms with Crippen LogP contribution in [0.5, 0.6) is 5.75 Å². The number of phenolic OH excluding ortho intramolecular Hbond substituents is 1. The number of hydrogen-bond donors (Lipinski definition) is 3. The maximum atomic E-state index is 13.7. The second-order valence-electron chi connectivity index (χ2n) is 7.54. The second kappa shape index (κ2) is 8.81. The number of amides is 1. The van der Waals surface area contributed by atoms with Crippen molar-refractivity contribution >= 4 is 27.1 Å². The van der Waals surface area contributed by atoms with E-state index in [2.05, 4.69) is 5.32 Å². The molecule has 0 aliphatic rings. The number of nitrogens with one attached hydrogen (secondary N) is 1. The molecule has 176 valence electrons. The summed E-state index contributed by atoms with van der Waals surface area (Å²) in [6.07, 6.45) is -5.16. The van der Waals surface area contributed by atoms with Crippen molar-refractivity contribution in [3.63, 3.8) is 0 Å². The highest BCUT2D eigenvalue weighted by atomic mass is 32.2. The van der Waals surface area contributed by atoms with Gasteiger partial charge >= 0.3 is 6.18 Å². The summed E-state index contributed by atoms with van der Waals surface area (Å²) in [6, 6.07) is 11.4. The summed E-state index contributed by atoms with van der Waals surface area (Å²) in [5, 5.41) is 22.3. The molecule has 11 heteroatoms. The molecule has 1 heterocycles. The summed E-state index contributed by atoms with van der Waals surface area (Å²) in [7, 11) is -4.03. The zero-order valence-corrected chi connectivity index (χ0v) is 19.1. The molecule has 2 atom stereocenters. The second-order valence-corrected chi connectivity index (χ2v) is 10.8. The van der Waals surface area contributed by atoms with E-state index in [-0.39, 0.29) is 19.5 Å². The summed E-state index contributed by atoms with van der Waals surface area (Å²) in [6.45, 7) is 2.26. The van der Waals surface area contributed by atoms with Gasteiger partial charge in [0.25, 0.3) is 5.91 Å². The number of hydrogen-bond acceptors (Lipinski definition) is 6. The average Bonchev–Trinajstić information content (AvgIpc) is 3.22. The Morgan fingerprint density at radius 1 is 1.03 bits per heavy atom. The zero-order valence-electron chi connectivity index (χ0n) is 17.4. The smallest absolute Gasteiger partial charge is 0.419 e. The fourth-order valence-electron chi connectivity index (χ4n) is 2.99. The lowest BCUT2D eigenvalue weighted by Crippen LogP contribution is -2.53. The van der Waals surface area contributed by atoms with E-state index in [1.165, 1.54) is 36.4 Å². The third-order valence-corrected chi connectivity index (χ3v) is 8.45. The molecule has 3 N–H and O–H groups in total. The third kappa shape index (κ3) is 4.90. The van der Waals surface area contributed by atoms with Crippen LogP contribution >= 0.6 is 11.3 Å². The molecule has 2 aromatic carbocycles. The largest absolute Gasteiger partial charge is 0.507 e. The van der Waals surface area contributed by atoms with Gasteiger partial charge in [0.15, 0.2) is 5.60 Å². The van der Waals surface area contributed by atoms with Crippen molar-refractivity contribution in [3.05, 3.63) is 76.7 Å². The molecular weight excluding hydrogens is 479 g/mol. The minimum absolute atomic E-state index is 0.0427. The van der Waals surface area contributed by atoms with E-state index >= 15 is 0 Å². The van der Waals surface area contributed by atoms with Crippen molar-refractivity contribution in [2.75, 3.05) is 0 Å². The number of para-hydroxylation sites is 1. The van der Waals surface area contributed by atoms with Crippen LogP contribution in [-0.4, -0.2) is 36.3 Å². The molecule has 0 radical (unpaired) electrons. The predicted octanol–water partition coefficient (Wildman–Crippen LogP) is 4.38. The molecule has 3 aromatic rings. The standard InChI is InChI=1S/C22H20F3NO5S2/c1-13-7-9-14(10-8-13)33(30,31)18-12-11-17(32-18)19(21(2,29)22(23,24)25)26-20(28)15-5-3-4-6-16(15)27/h3-12,19,27,29H,1-2H3,(H,26,28). The first-order valence-electron chi connectivity index (χ1n) is 9.54. The lowest BCUT2D eigenvalue weighted by molar-refractivity contribution is -0.263. The molecule has 0 aliphatic carbocycles. The Kier molecular flexibility index (Phi) is 6.60. The maximum Gasteiger partial charge on any atom is 0.419 e. The molecule has 3 rings (SSSR count). The van der Waals surface area contributed by atoms with Crippen LogP contribution in [0.1, 0.15) is 33.8 Å². The zero-order chi connectivity index (χ0) is 24.6. The Bertz CT molecular complexity index is 1270. The molecule has 2 unspecified atom stereocenters. The third-order valence-electron chi connectivity index (χ3n) is 5.04. The van der Waals surface area contributed by atoms with E-state index < -0.39 is 39.3 Å². The number of alkyl halides is 3. The molecule has 0 fully saturated rings. The highest BCUT2D eigenvalue weighted by molar-refractivity contribution is 7.93. The number of aromatic hydroxyl groups is 1. The summed E-state index contributed by atoms with van der Waals surface area (Å²) in [5.41, 5.74) is -2.92. The fourth-order valence-corrected chi connectivity index (χ4v) is 5.90. The lowest BCUT2D eigenvalue weighted by atomic mass is 9.93. The van der Waals surface area contributed by atoms with E-state index in [1.807, 2.05) is 0 Å². The summed E-state index contributed by atoms with van der Waals surface area (Å²) < 4.78 is 66.6. The van der Waals surface area contributed by atoms with E-state index in [1.54, 1.807) is 19.1 Å². The van der Waals surface area contributed by atoms with Crippen LogP contribution in [0.15, 0.2) is 69.8 Å². The van der Waals surface area contributed by atoms with Gasteiger partial charge in [0.1, 0.15) is 16.0 Å². The lowest BCUT2D eigenvalue weighted by Gasteiger charge is -2.34. The van der Waals surface area contributed by atoms with Gasteiger partial charge in [0, 0.05) is 4.88 Å². The molecule has 0 saturated carbocycles.